The van der Waals surface area contributed by atoms with Gasteiger partial charge >= 0.3 is 0 Å². The lowest BCUT2D eigenvalue weighted by atomic mass is 10.2. The first-order valence-electron chi connectivity index (χ1n) is 7.63. The van der Waals surface area contributed by atoms with E-state index in [0.29, 0.717) is 13.1 Å². The summed E-state index contributed by atoms with van der Waals surface area (Å²) in [5.41, 5.74) is 1.26. The van der Waals surface area contributed by atoms with Gasteiger partial charge in [-0.3, -0.25) is 9.80 Å². The van der Waals surface area contributed by atoms with Gasteiger partial charge in [-0.2, -0.15) is 0 Å². The van der Waals surface area contributed by atoms with Gasteiger partial charge in [0.25, 0.3) is 0 Å². The largest absolute Gasteiger partial charge is 0.390 e. The second-order valence-corrected chi connectivity index (χ2v) is 5.54. The lowest BCUT2D eigenvalue weighted by molar-refractivity contribution is 0.00718. The minimum Gasteiger partial charge on any atom is -0.390 e. The fraction of sp³-hybridized carbons (Fsp3) is 0.529. The lowest BCUT2D eigenvalue weighted by Gasteiger charge is -2.30. The van der Waals surface area contributed by atoms with Gasteiger partial charge in [-0.15, -0.1) is 6.58 Å². The first kappa shape index (κ1) is 16.2. The number of ether oxygens (including phenoxy) is 1. The third-order valence-corrected chi connectivity index (χ3v) is 3.68. The van der Waals surface area contributed by atoms with Crippen LogP contribution in [0.5, 0.6) is 0 Å². The van der Waals surface area contributed by atoms with Crippen LogP contribution >= 0.6 is 0 Å². The smallest absolute Gasteiger partial charge is 0.0794 e. The molecule has 1 atom stereocenters. The molecule has 0 saturated carbocycles. The standard InChI is InChI=1S/C17H26N2O2/c1-2-8-19(13-16-6-4-3-5-7-16)15-17(20)14-18-9-11-21-12-10-18/h2-7,17,20H,1,8-15H2. The van der Waals surface area contributed by atoms with Crippen LogP contribution in [0.1, 0.15) is 5.56 Å². The minimum absolute atomic E-state index is 0.341. The quantitative estimate of drug-likeness (QED) is 0.734. The number of β-amino-alcohol motifs (C(OH)–C–C–N with tert-alkyl or cyclic N) is 1. The average Bonchev–Trinajstić information content (AvgIpc) is 2.49. The van der Waals surface area contributed by atoms with Crippen molar-refractivity contribution in [2.75, 3.05) is 45.9 Å². The number of hydrogen-bond donors (Lipinski definition) is 1. The van der Waals surface area contributed by atoms with Crippen LogP contribution in [0.3, 0.4) is 0 Å². The van der Waals surface area contributed by atoms with Gasteiger partial charge < -0.3 is 9.84 Å². The van der Waals surface area contributed by atoms with Crippen LogP contribution in [0.4, 0.5) is 0 Å². The summed E-state index contributed by atoms with van der Waals surface area (Å²) in [6, 6.07) is 10.3. The van der Waals surface area contributed by atoms with E-state index in [1.54, 1.807) is 0 Å². The van der Waals surface area contributed by atoms with Crippen LogP contribution < -0.4 is 0 Å². The SMILES string of the molecule is C=CCN(Cc1ccccc1)CC(O)CN1CCOCC1. The van der Waals surface area contributed by atoms with E-state index in [2.05, 4.69) is 28.5 Å². The average molecular weight is 290 g/mol. The van der Waals surface area contributed by atoms with Crippen molar-refractivity contribution in [1.82, 2.24) is 9.80 Å². The summed E-state index contributed by atoms with van der Waals surface area (Å²) >= 11 is 0. The van der Waals surface area contributed by atoms with Gasteiger partial charge in [-0.1, -0.05) is 36.4 Å². The van der Waals surface area contributed by atoms with Gasteiger partial charge in [0.1, 0.15) is 0 Å². The number of hydrogen-bond acceptors (Lipinski definition) is 4. The number of aliphatic hydroxyl groups excluding tert-OH is 1. The number of morpholine rings is 1. The van der Waals surface area contributed by atoms with Crippen LogP contribution in [-0.4, -0.2) is 66.9 Å². The Morgan fingerprint density at radius 2 is 2.00 bits per heavy atom. The molecule has 0 spiro atoms. The first-order chi connectivity index (χ1) is 10.3. The number of aliphatic hydroxyl groups is 1. The van der Waals surface area contributed by atoms with E-state index in [9.17, 15) is 5.11 Å². The van der Waals surface area contributed by atoms with E-state index in [1.165, 1.54) is 5.56 Å². The third kappa shape index (κ3) is 5.98. The van der Waals surface area contributed by atoms with Crippen LogP contribution in [0.2, 0.25) is 0 Å². The van der Waals surface area contributed by atoms with E-state index in [-0.39, 0.29) is 6.10 Å². The van der Waals surface area contributed by atoms with Crippen LogP contribution in [0.25, 0.3) is 0 Å². The number of rotatable bonds is 8. The van der Waals surface area contributed by atoms with Crippen molar-refractivity contribution in [3.63, 3.8) is 0 Å². The van der Waals surface area contributed by atoms with Crippen LogP contribution in [-0.2, 0) is 11.3 Å². The van der Waals surface area contributed by atoms with E-state index in [4.69, 9.17) is 4.74 Å². The molecule has 1 unspecified atom stereocenters. The molecule has 116 valence electrons. The number of benzene rings is 1. The van der Waals surface area contributed by atoms with E-state index >= 15 is 0 Å². The van der Waals surface area contributed by atoms with Gasteiger partial charge in [-0.25, -0.2) is 0 Å². The number of nitrogens with zero attached hydrogens (tertiary/aromatic N) is 2. The zero-order valence-electron chi connectivity index (χ0n) is 12.7. The molecule has 4 heteroatoms. The van der Waals surface area contributed by atoms with Gasteiger partial charge in [0, 0.05) is 39.3 Å². The van der Waals surface area contributed by atoms with Crippen molar-refractivity contribution in [3.8, 4) is 0 Å². The predicted octanol–water partition coefficient (Wildman–Crippen LogP) is 1.37. The molecule has 0 bridgehead atoms. The van der Waals surface area contributed by atoms with Crippen LogP contribution in [0, 0.1) is 0 Å². The fourth-order valence-electron chi connectivity index (χ4n) is 2.67. The molecule has 4 nitrogen and oxygen atoms in total. The summed E-state index contributed by atoms with van der Waals surface area (Å²) < 4.78 is 5.33. The van der Waals surface area contributed by atoms with Crippen molar-refractivity contribution >= 4 is 0 Å². The first-order valence-corrected chi connectivity index (χ1v) is 7.63. The molecule has 0 radical (unpaired) electrons. The molecular formula is C17H26N2O2. The molecule has 0 amide bonds. The zero-order valence-corrected chi connectivity index (χ0v) is 12.7. The van der Waals surface area contributed by atoms with Crippen molar-refractivity contribution < 1.29 is 9.84 Å². The Kier molecular flexibility index (Phi) is 6.89. The highest BCUT2D eigenvalue weighted by atomic mass is 16.5. The Morgan fingerprint density at radius 3 is 2.67 bits per heavy atom. The minimum atomic E-state index is -0.341. The molecule has 21 heavy (non-hydrogen) atoms. The molecule has 1 saturated heterocycles. The molecule has 1 heterocycles. The molecular weight excluding hydrogens is 264 g/mol. The summed E-state index contributed by atoms with van der Waals surface area (Å²) in [6.07, 6.45) is 1.55. The maximum absolute atomic E-state index is 10.3. The highest BCUT2D eigenvalue weighted by Gasteiger charge is 2.17. The molecule has 0 aromatic heterocycles. The van der Waals surface area contributed by atoms with Crippen molar-refractivity contribution in [2.45, 2.75) is 12.6 Å². The highest BCUT2D eigenvalue weighted by Crippen LogP contribution is 2.07. The summed E-state index contributed by atoms with van der Waals surface area (Å²) in [4.78, 5) is 4.50. The third-order valence-electron chi connectivity index (χ3n) is 3.68. The molecule has 2 rings (SSSR count). The fourth-order valence-corrected chi connectivity index (χ4v) is 2.67. The Morgan fingerprint density at radius 1 is 1.29 bits per heavy atom. The van der Waals surface area contributed by atoms with Crippen molar-refractivity contribution in [1.29, 1.82) is 0 Å². The summed E-state index contributed by atoms with van der Waals surface area (Å²) in [5.74, 6) is 0. The molecule has 1 aliphatic rings. The Bertz CT molecular complexity index is 405. The van der Waals surface area contributed by atoms with E-state index in [0.717, 1.165) is 39.4 Å². The maximum Gasteiger partial charge on any atom is 0.0794 e. The summed E-state index contributed by atoms with van der Waals surface area (Å²) in [5, 5.41) is 10.3. The van der Waals surface area contributed by atoms with E-state index in [1.807, 2.05) is 24.3 Å². The summed E-state index contributed by atoms with van der Waals surface area (Å²) in [6.45, 7) is 10.2. The molecule has 1 fully saturated rings. The highest BCUT2D eigenvalue weighted by molar-refractivity contribution is 5.14. The van der Waals surface area contributed by atoms with Crippen molar-refractivity contribution in [3.05, 3.63) is 48.6 Å². The van der Waals surface area contributed by atoms with Gasteiger partial charge in [0.2, 0.25) is 0 Å². The molecule has 1 aromatic carbocycles. The molecule has 1 aliphatic heterocycles. The van der Waals surface area contributed by atoms with Gasteiger partial charge in [0.15, 0.2) is 0 Å². The Hall–Kier alpha value is -1.20. The molecule has 0 aliphatic carbocycles. The van der Waals surface area contributed by atoms with Crippen molar-refractivity contribution in [2.24, 2.45) is 0 Å². The van der Waals surface area contributed by atoms with E-state index < -0.39 is 0 Å². The second kappa shape index (κ2) is 8.95. The van der Waals surface area contributed by atoms with Crippen LogP contribution in [0.15, 0.2) is 43.0 Å². The second-order valence-electron chi connectivity index (χ2n) is 5.54. The predicted molar refractivity (Wildman–Crippen MR) is 85.2 cm³/mol. The zero-order chi connectivity index (χ0) is 14.9. The van der Waals surface area contributed by atoms with Gasteiger partial charge in [0.05, 0.1) is 19.3 Å². The topological polar surface area (TPSA) is 35.9 Å². The Labute approximate surface area is 127 Å². The molecule has 1 N–H and O–H groups in total. The lowest BCUT2D eigenvalue weighted by Crippen LogP contribution is -2.44. The molecule has 1 aromatic rings. The summed E-state index contributed by atoms with van der Waals surface area (Å²) in [7, 11) is 0. The van der Waals surface area contributed by atoms with Gasteiger partial charge in [-0.05, 0) is 5.56 Å². The normalized spacial score (nSPS) is 17.8. The monoisotopic (exact) mass is 290 g/mol. The maximum atomic E-state index is 10.3. The Balaban J connectivity index is 1.81.